The van der Waals surface area contributed by atoms with E-state index in [1.807, 2.05) is 19.1 Å². The Hall–Kier alpha value is -1.11. The van der Waals surface area contributed by atoms with Crippen molar-refractivity contribution in [1.82, 2.24) is 9.21 Å². The molecule has 0 unspecified atom stereocenters. The number of benzene rings is 1. The molecule has 1 aliphatic rings. The molecule has 1 heterocycles. The third-order valence-electron chi connectivity index (χ3n) is 4.33. The average Bonchev–Trinajstić information content (AvgIpc) is 2.41. The molecule has 0 saturated carbocycles. The minimum absolute atomic E-state index is 0.00948. The van der Waals surface area contributed by atoms with Gasteiger partial charge < -0.3 is 5.73 Å². The standard InChI is InChI=1S/C16H27N3O2S/c1-12(2)22(20,21)19-8-7-18(10-14(19)4)11-15-5-6-16(17)9-13(15)3/h5-6,9,12,14H,7-8,10-11,17H2,1-4H3/t14-/m1/s1. The minimum atomic E-state index is -3.17. The molecule has 0 spiro atoms. The Kier molecular flexibility index (Phi) is 5.14. The van der Waals surface area contributed by atoms with E-state index in [0.29, 0.717) is 6.54 Å². The predicted molar refractivity (Wildman–Crippen MR) is 91.1 cm³/mol. The van der Waals surface area contributed by atoms with E-state index in [0.717, 1.165) is 25.3 Å². The highest BCUT2D eigenvalue weighted by atomic mass is 32.2. The van der Waals surface area contributed by atoms with Crippen LogP contribution in [0.25, 0.3) is 0 Å². The maximum absolute atomic E-state index is 12.3. The van der Waals surface area contributed by atoms with Gasteiger partial charge in [0.15, 0.2) is 0 Å². The molecule has 1 atom stereocenters. The Balaban J connectivity index is 2.04. The first-order valence-corrected chi connectivity index (χ1v) is 9.30. The number of hydrogen-bond acceptors (Lipinski definition) is 4. The normalized spacial score (nSPS) is 21.4. The molecule has 1 fully saturated rings. The molecule has 0 bridgehead atoms. The fraction of sp³-hybridized carbons (Fsp3) is 0.625. The number of anilines is 1. The second kappa shape index (κ2) is 6.56. The maximum atomic E-state index is 12.3. The topological polar surface area (TPSA) is 66.6 Å². The van der Waals surface area contributed by atoms with Crippen LogP contribution in [0.2, 0.25) is 0 Å². The van der Waals surface area contributed by atoms with Crippen LogP contribution in [0.1, 0.15) is 31.9 Å². The number of nitrogens with two attached hydrogens (primary N) is 1. The van der Waals surface area contributed by atoms with Crippen molar-refractivity contribution in [3.05, 3.63) is 29.3 Å². The molecule has 1 saturated heterocycles. The van der Waals surface area contributed by atoms with Crippen molar-refractivity contribution in [1.29, 1.82) is 0 Å². The Bertz CT molecular complexity index is 628. The average molecular weight is 325 g/mol. The highest BCUT2D eigenvalue weighted by Crippen LogP contribution is 2.21. The van der Waals surface area contributed by atoms with Gasteiger partial charge in [-0.15, -0.1) is 0 Å². The number of nitrogen functional groups attached to an aromatic ring is 1. The van der Waals surface area contributed by atoms with Gasteiger partial charge in [0.25, 0.3) is 0 Å². The first kappa shape index (κ1) is 17.2. The molecule has 1 aromatic rings. The Morgan fingerprint density at radius 3 is 2.55 bits per heavy atom. The van der Waals surface area contributed by atoms with E-state index in [9.17, 15) is 8.42 Å². The quantitative estimate of drug-likeness (QED) is 0.858. The lowest BCUT2D eigenvalue weighted by Crippen LogP contribution is -2.55. The van der Waals surface area contributed by atoms with Crippen molar-refractivity contribution < 1.29 is 8.42 Å². The number of sulfonamides is 1. The van der Waals surface area contributed by atoms with Crippen molar-refractivity contribution in [2.24, 2.45) is 0 Å². The summed E-state index contributed by atoms with van der Waals surface area (Å²) in [5.74, 6) is 0. The van der Waals surface area contributed by atoms with Crippen LogP contribution in [-0.4, -0.2) is 48.5 Å². The summed E-state index contributed by atoms with van der Waals surface area (Å²) in [5, 5.41) is -0.360. The Labute approximate surface area is 134 Å². The van der Waals surface area contributed by atoms with Gasteiger partial charge in [-0.3, -0.25) is 4.90 Å². The summed E-state index contributed by atoms with van der Waals surface area (Å²) in [6.45, 7) is 10.5. The molecule has 0 aliphatic carbocycles. The summed E-state index contributed by atoms with van der Waals surface area (Å²) < 4.78 is 26.3. The monoisotopic (exact) mass is 325 g/mol. The van der Waals surface area contributed by atoms with E-state index in [4.69, 9.17) is 5.73 Å². The summed E-state index contributed by atoms with van der Waals surface area (Å²) in [5.41, 5.74) is 9.01. The van der Waals surface area contributed by atoms with E-state index < -0.39 is 10.0 Å². The predicted octanol–water partition coefficient (Wildman–Crippen LogP) is 1.82. The molecule has 5 nitrogen and oxygen atoms in total. The van der Waals surface area contributed by atoms with E-state index in [-0.39, 0.29) is 11.3 Å². The van der Waals surface area contributed by atoms with Crippen LogP contribution in [-0.2, 0) is 16.6 Å². The van der Waals surface area contributed by atoms with Crippen molar-refractivity contribution in [3.63, 3.8) is 0 Å². The largest absolute Gasteiger partial charge is 0.399 e. The maximum Gasteiger partial charge on any atom is 0.216 e. The van der Waals surface area contributed by atoms with Crippen molar-refractivity contribution in [2.45, 2.75) is 45.5 Å². The molecular formula is C16H27N3O2S. The number of nitrogens with zero attached hydrogens (tertiary/aromatic N) is 2. The minimum Gasteiger partial charge on any atom is -0.399 e. The van der Waals surface area contributed by atoms with Crippen molar-refractivity contribution >= 4 is 15.7 Å². The van der Waals surface area contributed by atoms with E-state index in [1.54, 1.807) is 18.2 Å². The van der Waals surface area contributed by atoms with E-state index in [2.05, 4.69) is 17.9 Å². The van der Waals surface area contributed by atoms with Gasteiger partial charge in [0, 0.05) is 37.9 Å². The highest BCUT2D eigenvalue weighted by molar-refractivity contribution is 7.89. The molecule has 22 heavy (non-hydrogen) atoms. The Morgan fingerprint density at radius 1 is 1.32 bits per heavy atom. The molecule has 6 heteroatoms. The van der Waals surface area contributed by atoms with Crippen LogP contribution in [0.4, 0.5) is 5.69 Å². The molecule has 0 radical (unpaired) electrons. The van der Waals surface area contributed by atoms with Crippen LogP contribution in [0.15, 0.2) is 18.2 Å². The lowest BCUT2D eigenvalue weighted by atomic mass is 10.1. The highest BCUT2D eigenvalue weighted by Gasteiger charge is 2.34. The van der Waals surface area contributed by atoms with Crippen LogP contribution < -0.4 is 5.73 Å². The molecule has 2 rings (SSSR count). The SMILES string of the molecule is Cc1cc(N)ccc1CN1CCN(S(=O)(=O)C(C)C)[C@H](C)C1. The summed E-state index contributed by atoms with van der Waals surface area (Å²) in [6, 6.07) is 5.98. The van der Waals surface area contributed by atoms with Crippen LogP contribution in [0.5, 0.6) is 0 Å². The summed E-state index contributed by atoms with van der Waals surface area (Å²) in [6.07, 6.45) is 0. The zero-order valence-corrected chi connectivity index (χ0v) is 14.7. The van der Waals surface area contributed by atoms with Crippen molar-refractivity contribution in [2.75, 3.05) is 25.4 Å². The Morgan fingerprint density at radius 2 is 2.00 bits per heavy atom. The van der Waals surface area contributed by atoms with E-state index >= 15 is 0 Å². The van der Waals surface area contributed by atoms with Gasteiger partial charge >= 0.3 is 0 Å². The molecule has 2 N–H and O–H groups in total. The number of hydrogen-bond donors (Lipinski definition) is 1. The summed E-state index contributed by atoms with van der Waals surface area (Å²) in [4.78, 5) is 2.32. The summed E-state index contributed by atoms with van der Waals surface area (Å²) >= 11 is 0. The lowest BCUT2D eigenvalue weighted by molar-refractivity contribution is 0.137. The van der Waals surface area contributed by atoms with Gasteiger partial charge in [-0.1, -0.05) is 6.07 Å². The smallest absolute Gasteiger partial charge is 0.216 e. The van der Waals surface area contributed by atoms with Crippen molar-refractivity contribution in [3.8, 4) is 0 Å². The molecule has 1 aliphatic heterocycles. The zero-order valence-electron chi connectivity index (χ0n) is 13.9. The first-order chi connectivity index (χ1) is 10.2. The molecule has 0 aromatic heterocycles. The molecule has 124 valence electrons. The number of aryl methyl sites for hydroxylation is 1. The van der Waals surface area contributed by atoms with Gasteiger partial charge in [-0.25, -0.2) is 8.42 Å². The first-order valence-electron chi connectivity index (χ1n) is 7.80. The van der Waals surface area contributed by atoms with Gasteiger partial charge in [0.1, 0.15) is 0 Å². The number of piperazine rings is 1. The lowest BCUT2D eigenvalue weighted by Gasteiger charge is -2.39. The van der Waals surface area contributed by atoms with Gasteiger partial charge in [-0.05, 0) is 51.0 Å². The summed E-state index contributed by atoms with van der Waals surface area (Å²) in [7, 11) is -3.17. The third-order valence-corrected chi connectivity index (χ3v) is 6.72. The fourth-order valence-electron chi connectivity index (χ4n) is 2.95. The van der Waals surface area contributed by atoms with Gasteiger partial charge in [0.2, 0.25) is 10.0 Å². The van der Waals surface area contributed by atoms with Crippen LogP contribution in [0, 0.1) is 6.92 Å². The molecular weight excluding hydrogens is 298 g/mol. The molecule has 0 amide bonds. The second-order valence-electron chi connectivity index (χ2n) is 6.47. The van der Waals surface area contributed by atoms with Crippen LogP contribution in [0.3, 0.4) is 0 Å². The van der Waals surface area contributed by atoms with Gasteiger partial charge in [0.05, 0.1) is 5.25 Å². The van der Waals surface area contributed by atoms with Crippen LogP contribution >= 0.6 is 0 Å². The van der Waals surface area contributed by atoms with E-state index in [1.165, 1.54) is 11.1 Å². The fourth-order valence-corrected chi connectivity index (χ4v) is 4.39. The number of rotatable bonds is 4. The molecule has 1 aromatic carbocycles. The zero-order chi connectivity index (χ0) is 16.5. The van der Waals surface area contributed by atoms with Gasteiger partial charge in [-0.2, -0.15) is 4.31 Å². The second-order valence-corrected chi connectivity index (χ2v) is 8.92. The third kappa shape index (κ3) is 3.62.